The van der Waals surface area contributed by atoms with Crippen molar-refractivity contribution < 1.29 is 29.7 Å². The fraction of sp³-hybridized carbons (Fsp3) is 0. The second-order valence-corrected chi connectivity index (χ2v) is 3.55. The summed E-state index contributed by atoms with van der Waals surface area (Å²) >= 11 is 0. The Morgan fingerprint density at radius 2 is 1.22 bits per heavy atom. The first kappa shape index (κ1) is 21.9. The van der Waals surface area contributed by atoms with Gasteiger partial charge in [-0.15, -0.1) is 0 Å². The summed E-state index contributed by atoms with van der Waals surface area (Å²) in [7, 11) is 0. The zero-order chi connectivity index (χ0) is 18.1. The van der Waals surface area contributed by atoms with Crippen LogP contribution in [0.3, 0.4) is 0 Å². The molecule has 0 aliphatic carbocycles. The largest absolute Gasteiger partial charge is 0.478 e. The molecule has 0 saturated carbocycles. The van der Waals surface area contributed by atoms with Gasteiger partial charge in [0.1, 0.15) is 0 Å². The van der Waals surface area contributed by atoms with E-state index in [1.165, 1.54) is 6.08 Å². The van der Waals surface area contributed by atoms with Crippen molar-refractivity contribution in [3.8, 4) is 0 Å². The number of allylic oxidation sites excluding steroid dienone is 2. The maximum Gasteiger partial charge on any atom is 0.328 e. The molecule has 0 saturated heterocycles. The Balaban J connectivity index is 0. The van der Waals surface area contributed by atoms with Crippen molar-refractivity contribution in [3.05, 3.63) is 79.4 Å². The lowest BCUT2D eigenvalue weighted by Gasteiger charge is -1.87. The summed E-state index contributed by atoms with van der Waals surface area (Å²) in [4.78, 5) is 28.6. The zero-order valence-electron chi connectivity index (χ0n) is 12.3. The van der Waals surface area contributed by atoms with Crippen LogP contribution in [0.2, 0.25) is 0 Å². The summed E-state index contributed by atoms with van der Waals surface area (Å²) in [5, 5.41) is 23.5. The Bertz CT molecular complexity index is 552. The molecule has 1 rings (SSSR count). The van der Waals surface area contributed by atoms with E-state index in [-0.39, 0.29) is 0 Å². The molecule has 122 valence electrons. The number of benzene rings is 1. The molecule has 0 atom stereocenters. The van der Waals surface area contributed by atoms with Crippen LogP contribution in [0, 0.1) is 0 Å². The summed E-state index contributed by atoms with van der Waals surface area (Å²) in [6, 6.07) is 9.70. The van der Waals surface area contributed by atoms with Crippen molar-refractivity contribution in [2.45, 2.75) is 0 Å². The van der Waals surface area contributed by atoms with Gasteiger partial charge in [-0.3, -0.25) is 0 Å². The number of carboxylic acids is 3. The van der Waals surface area contributed by atoms with E-state index < -0.39 is 17.9 Å². The molecule has 1 aromatic carbocycles. The topological polar surface area (TPSA) is 112 Å². The number of rotatable bonds is 5. The Morgan fingerprint density at radius 1 is 0.783 bits per heavy atom. The van der Waals surface area contributed by atoms with E-state index in [2.05, 4.69) is 13.2 Å². The van der Waals surface area contributed by atoms with Crippen LogP contribution in [0.4, 0.5) is 0 Å². The molecule has 0 spiro atoms. The Kier molecular flexibility index (Phi) is 14.3. The third kappa shape index (κ3) is 21.1. The van der Waals surface area contributed by atoms with Gasteiger partial charge < -0.3 is 15.3 Å². The predicted octanol–water partition coefficient (Wildman–Crippen LogP) is 2.85. The molecule has 3 N–H and O–H groups in total. The highest BCUT2D eigenvalue weighted by Gasteiger charge is 1.82. The second kappa shape index (κ2) is 15.0. The first-order valence-electron chi connectivity index (χ1n) is 6.17. The number of carboxylic acid groups (broad SMARTS) is 3. The van der Waals surface area contributed by atoms with Crippen LogP contribution < -0.4 is 0 Å². The molecule has 6 heteroatoms. The van der Waals surface area contributed by atoms with E-state index in [1.807, 2.05) is 36.4 Å². The van der Waals surface area contributed by atoms with E-state index in [9.17, 15) is 14.4 Å². The molecule has 0 fully saturated rings. The molecule has 0 heterocycles. The third-order valence-electron chi connectivity index (χ3n) is 1.79. The van der Waals surface area contributed by atoms with Crippen molar-refractivity contribution >= 4 is 24.0 Å². The summed E-state index contributed by atoms with van der Waals surface area (Å²) in [5.41, 5.74) is 1.05. The lowest BCUT2D eigenvalue weighted by molar-refractivity contribution is -0.132. The van der Waals surface area contributed by atoms with Crippen LogP contribution >= 0.6 is 0 Å². The Labute approximate surface area is 134 Å². The highest BCUT2D eigenvalue weighted by Crippen LogP contribution is 2.00. The molecule has 0 bridgehead atoms. The van der Waals surface area contributed by atoms with Crippen LogP contribution in [0.5, 0.6) is 0 Å². The molecule has 0 radical (unpaired) electrons. The summed E-state index contributed by atoms with van der Waals surface area (Å²) in [6.07, 6.45) is 7.80. The van der Waals surface area contributed by atoms with E-state index in [0.29, 0.717) is 0 Å². The van der Waals surface area contributed by atoms with Crippen LogP contribution in [-0.4, -0.2) is 33.2 Å². The van der Waals surface area contributed by atoms with Crippen molar-refractivity contribution in [1.29, 1.82) is 0 Å². The Hall–Kier alpha value is -3.41. The first-order valence-corrected chi connectivity index (χ1v) is 6.17. The number of aliphatic carboxylic acids is 3. The fourth-order valence-electron chi connectivity index (χ4n) is 0.869. The molecule has 0 aliphatic heterocycles. The molecule has 6 nitrogen and oxygen atoms in total. The average Bonchev–Trinajstić information content (AvgIpc) is 2.53. The second-order valence-electron chi connectivity index (χ2n) is 3.55. The lowest BCUT2D eigenvalue weighted by atomic mass is 10.2. The zero-order valence-corrected chi connectivity index (χ0v) is 12.3. The average molecular weight is 318 g/mol. The number of hydrogen-bond donors (Lipinski definition) is 3. The smallest absolute Gasteiger partial charge is 0.328 e. The minimum atomic E-state index is -0.981. The SMILES string of the molecule is C=CC(=O)O.C=CC(=O)O.O=C(O)C=CC=Cc1ccccc1. The molecular weight excluding hydrogens is 300 g/mol. The highest BCUT2D eigenvalue weighted by molar-refractivity contribution is 5.80. The van der Waals surface area contributed by atoms with Crippen molar-refractivity contribution in [1.82, 2.24) is 0 Å². The predicted molar refractivity (Wildman–Crippen MR) is 87.9 cm³/mol. The molecule has 23 heavy (non-hydrogen) atoms. The quantitative estimate of drug-likeness (QED) is 0.568. The lowest BCUT2D eigenvalue weighted by Crippen LogP contribution is -1.84. The van der Waals surface area contributed by atoms with E-state index in [4.69, 9.17) is 15.3 Å². The van der Waals surface area contributed by atoms with Crippen LogP contribution in [0.25, 0.3) is 6.08 Å². The van der Waals surface area contributed by atoms with Crippen LogP contribution in [0.1, 0.15) is 5.56 Å². The summed E-state index contributed by atoms with van der Waals surface area (Å²) in [6.45, 7) is 5.92. The molecule has 0 aliphatic rings. The fourth-order valence-corrected chi connectivity index (χ4v) is 0.869. The van der Waals surface area contributed by atoms with Crippen LogP contribution in [-0.2, 0) is 14.4 Å². The van der Waals surface area contributed by atoms with Gasteiger partial charge in [0, 0.05) is 18.2 Å². The minimum Gasteiger partial charge on any atom is -0.478 e. The van der Waals surface area contributed by atoms with Gasteiger partial charge in [0.25, 0.3) is 0 Å². The maximum atomic E-state index is 10.1. The molecule has 0 aromatic heterocycles. The molecule has 1 aromatic rings. The van der Waals surface area contributed by atoms with Crippen LogP contribution in [0.15, 0.2) is 73.9 Å². The summed E-state index contributed by atoms with van der Waals surface area (Å²) < 4.78 is 0. The number of carbonyl (C=O) groups is 3. The molecule has 0 unspecified atom stereocenters. The van der Waals surface area contributed by atoms with Gasteiger partial charge in [0.2, 0.25) is 0 Å². The molecule has 0 amide bonds. The van der Waals surface area contributed by atoms with Gasteiger partial charge in [0.05, 0.1) is 0 Å². The summed E-state index contributed by atoms with van der Waals surface area (Å²) in [5.74, 6) is -2.90. The van der Waals surface area contributed by atoms with Gasteiger partial charge >= 0.3 is 17.9 Å². The first-order chi connectivity index (χ1) is 10.8. The van der Waals surface area contributed by atoms with Gasteiger partial charge in [-0.1, -0.05) is 61.7 Å². The van der Waals surface area contributed by atoms with E-state index in [0.717, 1.165) is 23.8 Å². The number of hydrogen-bond acceptors (Lipinski definition) is 3. The van der Waals surface area contributed by atoms with Gasteiger partial charge in [-0.05, 0) is 5.56 Å². The third-order valence-corrected chi connectivity index (χ3v) is 1.79. The van der Waals surface area contributed by atoms with Crippen molar-refractivity contribution in [2.75, 3.05) is 0 Å². The van der Waals surface area contributed by atoms with Crippen molar-refractivity contribution in [2.24, 2.45) is 0 Å². The monoisotopic (exact) mass is 318 g/mol. The van der Waals surface area contributed by atoms with Gasteiger partial charge in [-0.25, -0.2) is 14.4 Å². The van der Waals surface area contributed by atoms with E-state index in [1.54, 1.807) is 6.08 Å². The minimum absolute atomic E-state index is 0.833. The standard InChI is InChI=1S/C11H10O2.2C3H4O2/c12-11(13)9-5-4-8-10-6-2-1-3-7-10;2*1-2-3(4)5/h1-9H,(H,12,13);2*2H,1H2,(H,4,5). The maximum absolute atomic E-state index is 10.1. The van der Waals surface area contributed by atoms with Crippen molar-refractivity contribution in [3.63, 3.8) is 0 Å². The highest BCUT2D eigenvalue weighted by atomic mass is 16.4. The van der Waals surface area contributed by atoms with E-state index >= 15 is 0 Å². The molecular formula is C17H18O6. The van der Waals surface area contributed by atoms with Gasteiger partial charge in [0.15, 0.2) is 0 Å². The normalized spacial score (nSPS) is 9.04. The van der Waals surface area contributed by atoms with Gasteiger partial charge in [-0.2, -0.15) is 0 Å². The Morgan fingerprint density at radius 3 is 1.57 bits per heavy atom.